The number of carbonyl (C=O) groups is 1. The fraction of sp³-hybridized carbons (Fsp3) is 0.917. The molecule has 1 amide bonds. The van der Waals surface area contributed by atoms with E-state index in [1.807, 2.05) is 4.90 Å². The highest BCUT2D eigenvalue weighted by Gasteiger charge is 2.55. The van der Waals surface area contributed by atoms with Crippen LogP contribution in [-0.2, 0) is 4.79 Å². The molecule has 0 aromatic heterocycles. The summed E-state index contributed by atoms with van der Waals surface area (Å²) < 4.78 is 0. The predicted octanol–water partition coefficient (Wildman–Crippen LogP) is 1.73. The lowest BCUT2D eigenvalue weighted by Gasteiger charge is -2.15. The van der Waals surface area contributed by atoms with E-state index in [1.54, 1.807) is 0 Å². The van der Waals surface area contributed by atoms with Crippen LogP contribution < -0.4 is 5.32 Å². The Balaban J connectivity index is 1.66. The molecule has 0 aromatic rings. The van der Waals surface area contributed by atoms with Gasteiger partial charge in [0.25, 0.3) is 0 Å². The van der Waals surface area contributed by atoms with Crippen LogP contribution >= 0.6 is 0 Å². The second kappa shape index (κ2) is 4.12. The van der Waals surface area contributed by atoms with Gasteiger partial charge in [-0.3, -0.25) is 10.1 Å². The molecule has 0 unspecified atom stereocenters. The minimum Gasteiger partial charge on any atom is -0.328 e. The molecule has 2 rings (SSSR count). The monoisotopic (exact) mass is 210 g/mol. The maximum absolute atomic E-state index is 11.9. The smallest absolute Gasteiger partial charge is 0.243 e. The third kappa shape index (κ3) is 2.33. The van der Waals surface area contributed by atoms with Crippen LogP contribution in [0.25, 0.3) is 0 Å². The van der Waals surface area contributed by atoms with Crippen LogP contribution in [0.1, 0.15) is 46.0 Å². The zero-order valence-electron chi connectivity index (χ0n) is 9.88. The first-order valence-corrected chi connectivity index (χ1v) is 6.18. The number of nitrogens with one attached hydrogen (secondary N) is 1. The predicted molar refractivity (Wildman–Crippen MR) is 60.4 cm³/mol. The summed E-state index contributed by atoms with van der Waals surface area (Å²) in [5, 5.41) is 3.33. The maximum Gasteiger partial charge on any atom is 0.243 e. The molecule has 2 aliphatic rings. The number of carbonyl (C=O) groups excluding carboxylic acids is 1. The van der Waals surface area contributed by atoms with Crippen molar-refractivity contribution in [2.75, 3.05) is 13.2 Å². The van der Waals surface area contributed by atoms with Gasteiger partial charge in [0.2, 0.25) is 5.91 Å². The summed E-state index contributed by atoms with van der Waals surface area (Å²) in [5.41, 5.74) is -0.0992. The molecule has 1 aliphatic heterocycles. The molecule has 1 heterocycles. The second-order valence-corrected chi connectivity index (χ2v) is 5.38. The van der Waals surface area contributed by atoms with Crippen LogP contribution in [0, 0.1) is 5.92 Å². The van der Waals surface area contributed by atoms with Crippen molar-refractivity contribution >= 4 is 5.91 Å². The molecule has 0 aromatic carbocycles. The molecule has 15 heavy (non-hydrogen) atoms. The summed E-state index contributed by atoms with van der Waals surface area (Å²) in [7, 11) is 0. The van der Waals surface area contributed by atoms with Gasteiger partial charge in [0, 0.05) is 6.54 Å². The van der Waals surface area contributed by atoms with Gasteiger partial charge in [-0.1, -0.05) is 26.7 Å². The van der Waals surface area contributed by atoms with E-state index in [-0.39, 0.29) is 5.54 Å². The van der Waals surface area contributed by atoms with Crippen molar-refractivity contribution in [3.8, 4) is 0 Å². The summed E-state index contributed by atoms with van der Waals surface area (Å²) >= 11 is 0. The van der Waals surface area contributed by atoms with Crippen molar-refractivity contribution in [2.45, 2.75) is 51.5 Å². The van der Waals surface area contributed by atoms with Crippen LogP contribution in [0.4, 0.5) is 0 Å². The van der Waals surface area contributed by atoms with Gasteiger partial charge in [0.15, 0.2) is 0 Å². The van der Waals surface area contributed by atoms with Crippen molar-refractivity contribution in [3.05, 3.63) is 0 Å². The van der Waals surface area contributed by atoms with Gasteiger partial charge in [0.1, 0.15) is 0 Å². The molecule has 86 valence electrons. The first kappa shape index (κ1) is 10.9. The van der Waals surface area contributed by atoms with Crippen LogP contribution in [-0.4, -0.2) is 29.6 Å². The Hall–Kier alpha value is -0.570. The number of nitrogens with zero attached hydrogens (tertiary/aromatic N) is 1. The molecule has 1 aliphatic carbocycles. The van der Waals surface area contributed by atoms with Gasteiger partial charge < -0.3 is 4.90 Å². The SMILES string of the molecule is CC(C)CCCCN1CNC2(CC2)C1=O. The molecule has 2 fully saturated rings. The number of amides is 1. The van der Waals surface area contributed by atoms with Crippen LogP contribution in [0.2, 0.25) is 0 Å². The summed E-state index contributed by atoms with van der Waals surface area (Å²) in [4.78, 5) is 13.9. The minimum atomic E-state index is -0.0992. The van der Waals surface area contributed by atoms with Crippen LogP contribution in [0.3, 0.4) is 0 Å². The summed E-state index contributed by atoms with van der Waals surface area (Å²) in [6.45, 7) is 6.23. The van der Waals surface area contributed by atoms with Gasteiger partial charge in [-0.15, -0.1) is 0 Å². The highest BCUT2D eigenvalue weighted by atomic mass is 16.2. The van der Waals surface area contributed by atoms with Gasteiger partial charge in [0.05, 0.1) is 12.2 Å². The van der Waals surface area contributed by atoms with Crippen molar-refractivity contribution in [1.82, 2.24) is 10.2 Å². The maximum atomic E-state index is 11.9. The third-order valence-corrected chi connectivity index (χ3v) is 3.51. The number of hydrogen-bond acceptors (Lipinski definition) is 2. The first-order chi connectivity index (χ1) is 7.14. The molecular formula is C12H22N2O. The number of rotatable bonds is 5. The Labute approximate surface area is 92.2 Å². The van der Waals surface area contributed by atoms with Crippen LogP contribution in [0.15, 0.2) is 0 Å². The summed E-state index contributed by atoms with van der Waals surface area (Å²) in [6.07, 6.45) is 5.78. The van der Waals surface area contributed by atoms with E-state index < -0.39 is 0 Å². The molecule has 0 radical (unpaired) electrons. The largest absolute Gasteiger partial charge is 0.328 e. The van der Waals surface area contributed by atoms with Gasteiger partial charge >= 0.3 is 0 Å². The van der Waals surface area contributed by atoms with E-state index in [1.165, 1.54) is 12.8 Å². The average molecular weight is 210 g/mol. The fourth-order valence-electron chi connectivity index (χ4n) is 2.25. The Bertz CT molecular complexity index is 246. The lowest BCUT2D eigenvalue weighted by Crippen LogP contribution is -2.32. The summed E-state index contributed by atoms with van der Waals surface area (Å²) in [5.74, 6) is 1.14. The molecule has 1 N–H and O–H groups in total. The molecule has 1 saturated carbocycles. The highest BCUT2D eigenvalue weighted by Crippen LogP contribution is 2.40. The van der Waals surface area contributed by atoms with Gasteiger partial charge in [-0.25, -0.2) is 0 Å². The molecule has 0 atom stereocenters. The third-order valence-electron chi connectivity index (χ3n) is 3.51. The first-order valence-electron chi connectivity index (χ1n) is 6.18. The van der Waals surface area contributed by atoms with Crippen molar-refractivity contribution in [2.24, 2.45) is 5.92 Å². The molecule has 1 spiro atoms. The number of hydrogen-bond donors (Lipinski definition) is 1. The standard InChI is InChI=1S/C12H22N2O/c1-10(2)5-3-4-8-14-9-13-12(6-7-12)11(14)15/h10,13H,3-9H2,1-2H3. The lowest BCUT2D eigenvalue weighted by atomic mass is 10.1. The van der Waals surface area contributed by atoms with Gasteiger partial charge in [-0.05, 0) is 25.2 Å². The van der Waals surface area contributed by atoms with E-state index >= 15 is 0 Å². The van der Waals surface area contributed by atoms with E-state index in [4.69, 9.17) is 0 Å². The molecular weight excluding hydrogens is 188 g/mol. The van der Waals surface area contributed by atoms with Crippen LogP contribution in [0.5, 0.6) is 0 Å². The Kier molecular flexibility index (Phi) is 3.01. The fourth-order valence-corrected chi connectivity index (χ4v) is 2.25. The van der Waals surface area contributed by atoms with E-state index in [2.05, 4.69) is 19.2 Å². The average Bonchev–Trinajstić information content (AvgIpc) is 2.90. The van der Waals surface area contributed by atoms with Crippen molar-refractivity contribution < 1.29 is 4.79 Å². The lowest BCUT2D eigenvalue weighted by molar-refractivity contribution is -0.129. The highest BCUT2D eigenvalue weighted by molar-refractivity contribution is 5.91. The quantitative estimate of drug-likeness (QED) is 0.701. The molecule has 3 heteroatoms. The topological polar surface area (TPSA) is 32.3 Å². The normalized spacial score (nSPS) is 23.1. The molecule has 1 saturated heterocycles. The minimum absolute atomic E-state index is 0.0992. The molecule has 3 nitrogen and oxygen atoms in total. The second-order valence-electron chi connectivity index (χ2n) is 5.38. The van der Waals surface area contributed by atoms with E-state index in [0.29, 0.717) is 5.91 Å². The van der Waals surface area contributed by atoms with E-state index in [9.17, 15) is 4.79 Å². The summed E-state index contributed by atoms with van der Waals surface area (Å²) in [6, 6.07) is 0. The van der Waals surface area contributed by atoms with Crippen molar-refractivity contribution in [3.63, 3.8) is 0 Å². The zero-order chi connectivity index (χ0) is 10.9. The molecule has 0 bridgehead atoms. The van der Waals surface area contributed by atoms with Crippen molar-refractivity contribution in [1.29, 1.82) is 0 Å². The Morgan fingerprint density at radius 2 is 2.13 bits per heavy atom. The van der Waals surface area contributed by atoms with E-state index in [0.717, 1.165) is 38.4 Å². The Morgan fingerprint density at radius 1 is 1.40 bits per heavy atom. The Morgan fingerprint density at radius 3 is 2.67 bits per heavy atom. The van der Waals surface area contributed by atoms with Gasteiger partial charge in [-0.2, -0.15) is 0 Å². The number of unbranched alkanes of at least 4 members (excludes halogenated alkanes) is 1. The zero-order valence-corrected chi connectivity index (χ0v) is 9.88.